The van der Waals surface area contributed by atoms with Gasteiger partial charge < -0.3 is 10.2 Å². The molecule has 0 aliphatic rings. The van der Waals surface area contributed by atoms with Gasteiger partial charge in [0.1, 0.15) is 0 Å². The van der Waals surface area contributed by atoms with Gasteiger partial charge in [0.25, 0.3) is 0 Å². The number of halogens is 3. The molecule has 0 saturated carbocycles. The Balaban J connectivity index is 1.91. The third-order valence-electron chi connectivity index (χ3n) is 4.15. The molecule has 0 aliphatic heterocycles. The number of hydrogen-bond donors (Lipinski definition) is 1. The zero-order chi connectivity index (χ0) is 20.9. The summed E-state index contributed by atoms with van der Waals surface area (Å²) in [6, 6.07) is 10.6. The zero-order valence-electron chi connectivity index (χ0n) is 15.8. The molecule has 1 N–H and O–H groups in total. The SMILES string of the molecule is Cc1ccc(SCC(=O)N(C)CC(=O)Nc2ccccc2C(F)(F)F)cc1C. The Kier molecular flexibility index (Phi) is 7.12. The Hall–Kier alpha value is -2.48. The molecule has 2 aromatic rings. The number of hydrogen-bond acceptors (Lipinski definition) is 3. The summed E-state index contributed by atoms with van der Waals surface area (Å²) in [5, 5.41) is 2.23. The van der Waals surface area contributed by atoms with Gasteiger partial charge in [0.05, 0.1) is 23.5 Å². The Labute approximate surface area is 166 Å². The molecule has 0 unspecified atom stereocenters. The number of aryl methyl sites for hydroxylation is 2. The van der Waals surface area contributed by atoms with E-state index in [1.807, 2.05) is 32.0 Å². The first kappa shape index (κ1) is 21.8. The van der Waals surface area contributed by atoms with Gasteiger partial charge in [0.2, 0.25) is 11.8 Å². The first-order valence-corrected chi connectivity index (χ1v) is 9.46. The van der Waals surface area contributed by atoms with Crippen LogP contribution in [0.4, 0.5) is 18.9 Å². The number of anilines is 1. The maximum absolute atomic E-state index is 13.0. The van der Waals surface area contributed by atoms with Crippen LogP contribution in [0.1, 0.15) is 16.7 Å². The summed E-state index contributed by atoms with van der Waals surface area (Å²) >= 11 is 1.34. The lowest BCUT2D eigenvalue weighted by molar-refractivity contribution is -0.137. The van der Waals surface area contributed by atoms with E-state index < -0.39 is 17.6 Å². The molecule has 0 saturated heterocycles. The second kappa shape index (κ2) is 9.14. The first-order chi connectivity index (χ1) is 13.1. The highest BCUT2D eigenvalue weighted by Crippen LogP contribution is 2.34. The molecule has 0 aliphatic carbocycles. The summed E-state index contributed by atoms with van der Waals surface area (Å²) in [5.41, 5.74) is 1.02. The monoisotopic (exact) mass is 410 g/mol. The minimum absolute atomic E-state index is 0.130. The van der Waals surface area contributed by atoms with Crippen LogP contribution in [0.25, 0.3) is 0 Å². The lowest BCUT2D eigenvalue weighted by Gasteiger charge is -2.18. The second-order valence-corrected chi connectivity index (χ2v) is 7.42. The summed E-state index contributed by atoms with van der Waals surface area (Å²) in [4.78, 5) is 26.4. The topological polar surface area (TPSA) is 49.4 Å². The van der Waals surface area contributed by atoms with Crippen molar-refractivity contribution in [3.8, 4) is 0 Å². The van der Waals surface area contributed by atoms with Crippen LogP contribution >= 0.6 is 11.8 Å². The number of nitrogens with zero attached hydrogens (tertiary/aromatic N) is 1. The number of likely N-dealkylation sites (N-methyl/N-ethyl adjacent to an activating group) is 1. The predicted molar refractivity (Wildman–Crippen MR) is 104 cm³/mol. The van der Waals surface area contributed by atoms with Gasteiger partial charge in [-0.25, -0.2) is 0 Å². The molecular weight excluding hydrogens is 389 g/mol. The highest BCUT2D eigenvalue weighted by Gasteiger charge is 2.33. The Morgan fingerprint density at radius 3 is 2.39 bits per heavy atom. The third-order valence-corrected chi connectivity index (χ3v) is 5.13. The molecule has 0 atom stereocenters. The molecule has 8 heteroatoms. The van der Waals surface area contributed by atoms with E-state index in [0.29, 0.717) is 0 Å². The van der Waals surface area contributed by atoms with Crippen molar-refractivity contribution in [1.82, 2.24) is 4.90 Å². The van der Waals surface area contributed by atoms with Crippen LogP contribution in [0.3, 0.4) is 0 Å². The lowest BCUT2D eigenvalue weighted by atomic mass is 10.1. The van der Waals surface area contributed by atoms with Crippen LogP contribution in [0.2, 0.25) is 0 Å². The average molecular weight is 410 g/mol. The molecule has 150 valence electrons. The maximum atomic E-state index is 13.0. The molecule has 0 bridgehead atoms. The maximum Gasteiger partial charge on any atom is 0.418 e. The molecule has 4 nitrogen and oxygen atoms in total. The number of alkyl halides is 3. The molecule has 0 spiro atoms. The van der Waals surface area contributed by atoms with Gasteiger partial charge in [-0.05, 0) is 49.2 Å². The molecule has 28 heavy (non-hydrogen) atoms. The molecule has 0 heterocycles. The minimum atomic E-state index is -4.57. The summed E-state index contributed by atoms with van der Waals surface area (Å²) in [5.74, 6) is -0.850. The van der Waals surface area contributed by atoms with Crippen molar-refractivity contribution in [3.63, 3.8) is 0 Å². The van der Waals surface area contributed by atoms with Gasteiger partial charge >= 0.3 is 6.18 Å². The van der Waals surface area contributed by atoms with E-state index in [1.165, 1.54) is 41.9 Å². The summed E-state index contributed by atoms with van der Waals surface area (Å²) in [7, 11) is 1.44. The number of thioether (sulfide) groups is 1. The number of benzene rings is 2. The van der Waals surface area contributed by atoms with Crippen molar-refractivity contribution >= 4 is 29.3 Å². The Morgan fingerprint density at radius 2 is 1.75 bits per heavy atom. The van der Waals surface area contributed by atoms with Gasteiger partial charge in [-0.15, -0.1) is 11.8 Å². The number of nitrogens with one attached hydrogen (secondary N) is 1. The van der Waals surface area contributed by atoms with Crippen molar-refractivity contribution in [2.24, 2.45) is 0 Å². The van der Waals surface area contributed by atoms with Crippen LogP contribution in [-0.2, 0) is 15.8 Å². The molecule has 2 rings (SSSR count). The van der Waals surface area contributed by atoms with Crippen LogP contribution in [0.5, 0.6) is 0 Å². The van der Waals surface area contributed by atoms with Gasteiger partial charge in [0.15, 0.2) is 0 Å². The lowest BCUT2D eigenvalue weighted by Crippen LogP contribution is -2.36. The van der Waals surface area contributed by atoms with E-state index in [0.717, 1.165) is 22.1 Å². The molecule has 0 fully saturated rings. The van der Waals surface area contributed by atoms with Gasteiger partial charge in [-0.1, -0.05) is 18.2 Å². The first-order valence-electron chi connectivity index (χ1n) is 8.48. The molecular formula is C20H21F3N2O2S. The summed E-state index contributed by atoms with van der Waals surface area (Å²) in [6.45, 7) is 3.65. The largest absolute Gasteiger partial charge is 0.418 e. The molecule has 0 radical (unpaired) electrons. The Morgan fingerprint density at radius 1 is 1.07 bits per heavy atom. The van der Waals surface area contributed by atoms with Crippen LogP contribution in [-0.4, -0.2) is 36.1 Å². The number of para-hydroxylation sites is 1. The van der Waals surface area contributed by atoms with Crippen LogP contribution in [0, 0.1) is 13.8 Å². The molecule has 2 aromatic carbocycles. The van der Waals surface area contributed by atoms with Crippen molar-refractivity contribution < 1.29 is 22.8 Å². The van der Waals surface area contributed by atoms with Gasteiger partial charge in [-0.2, -0.15) is 13.2 Å². The quantitative estimate of drug-likeness (QED) is 0.713. The Bertz CT molecular complexity index is 869. The van der Waals surface area contributed by atoms with Crippen molar-refractivity contribution in [2.75, 3.05) is 24.7 Å². The van der Waals surface area contributed by atoms with Crippen molar-refractivity contribution in [2.45, 2.75) is 24.9 Å². The van der Waals surface area contributed by atoms with Crippen LogP contribution in [0.15, 0.2) is 47.4 Å². The zero-order valence-corrected chi connectivity index (χ0v) is 16.6. The van der Waals surface area contributed by atoms with Gasteiger partial charge in [0, 0.05) is 11.9 Å². The van der Waals surface area contributed by atoms with E-state index in [4.69, 9.17) is 0 Å². The van der Waals surface area contributed by atoms with E-state index in [9.17, 15) is 22.8 Å². The fourth-order valence-corrected chi connectivity index (χ4v) is 3.33. The number of amides is 2. The van der Waals surface area contributed by atoms with Gasteiger partial charge in [-0.3, -0.25) is 9.59 Å². The number of rotatable bonds is 6. The average Bonchev–Trinajstić information content (AvgIpc) is 2.61. The van der Waals surface area contributed by atoms with Crippen LogP contribution < -0.4 is 5.32 Å². The van der Waals surface area contributed by atoms with Crippen molar-refractivity contribution in [1.29, 1.82) is 0 Å². The summed E-state index contributed by atoms with van der Waals surface area (Å²) < 4.78 is 39.0. The highest BCUT2D eigenvalue weighted by molar-refractivity contribution is 8.00. The minimum Gasteiger partial charge on any atom is -0.336 e. The normalized spacial score (nSPS) is 11.2. The molecule has 0 aromatic heterocycles. The number of carbonyl (C=O) groups is 2. The number of carbonyl (C=O) groups excluding carboxylic acids is 2. The second-order valence-electron chi connectivity index (χ2n) is 6.38. The predicted octanol–water partition coefficient (Wildman–Crippen LogP) is 4.51. The fraction of sp³-hybridized carbons (Fsp3) is 0.300. The third kappa shape index (κ3) is 6.02. The fourth-order valence-electron chi connectivity index (χ4n) is 2.39. The van der Waals surface area contributed by atoms with E-state index in [1.54, 1.807) is 0 Å². The standard InChI is InChI=1S/C20H21F3N2O2S/c1-13-8-9-15(10-14(13)2)28-12-19(27)25(3)11-18(26)24-17-7-5-4-6-16(17)20(21,22)23/h4-10H,11-12H2,1-3H3,(H,24,26). The molecule has 2 amide bonds. The van der Waals surface area contributed by atoms with Crippen molar-refractivity contribution in [3.05, 3.63) is 59.2 Å². The highest BCUT2D eigenvalue weighted by atomic mass is 32.2. The van der Waals surface area contributed by atoms with E-state index in [2.05, 4.69) is 5.32 Å². The van der Waals surface area contributed by atoms with E-state index >= 15 is 0 Å². The van der Waals surface area contributed by atoms with E-state index in [-0.39, 0.29) is 23.9 Å². The smallest absolute Gasteiger partial charge is 0.336 e. The summed E-state index contributed by atoms with van der Waals surface area (Å²) in [6.07, 6.45) is -4.57.